The van der Waals surface area contributed by atoms with Crippen LogP contribution in [0.3, 0.4) is 0 Å². The molecule has 0 N–H and O–H groups in total. The zero-order chi connectivity index (χ0) is 12.0. The predicted molar refractivity (Wildman–Crippen MR) is 59.9 cm³/mol. The van der Waals surface area contributed by atoms with E-state index in [-0.39, 0.29) is 23.7 Å². The van der Waals surface area contributed by atoms with Gasteiger partial charge in [0, 0.05) is 24.6 Å². The smallest absolute Gasteiger partial charge is 0.166 e. The van der Waals surface area contributed by atoms with Crippen LogP contribution in [0.5, 0.6) is 0 Å². The Morgan fingerprint density at radius 1 is 1.31 bits per heavy atom. The minimum Gasteiger partial charge on any atom is -0.294 e. The Hall–Kier alpha value is -1.30. The number of hydrogen-bond acceptors (Lipinski definition) is 5. The van der Waals surface area contributed by atoms with Crippen molar-refractivity contribution in [3.8, 4) is 0 Å². The summed E-state index contributed by atoms with van der Waals surface area (Å²) in [6.45, 7) is 1.60. The lowest BCUT2D eigenvalue weighted by Gasteiger charge is -2.01. The van der Waals surface area contributed by atoms with Crippen LogP contribution in [0.25, 0.3) is 0 Å². The van der Waals surface area contributed by atoms with Crippen molar-refractivity contribution in [2.45, 2.75) is 19.8 Å². The quantitative estimate of drug-likeness (QED) is 0.692. The number of ketones is 1. The number of sulfone groups is 1. The van der Waals surface area contributed by atoms with E-state index in [1.807, 2.05) is 0 Å². The molecular weight excluding hydrogens is 228 g/mol. The molecule has 0 unspecified atom stereocenters. The van der Waals surface area contributed by atoms with Gasteiger partial charge in [-0.2, -0.15) is 0 Å². The summed E-state index contributed by atoms with van der Waals surface area (Å²) in [5.41, 5.74) is 0.427. The highest BCUT2D eigenvalue weighted by Gasteiger charge is 2.10. The van der Waals surface area contributed by atoms with Crippen LogP contribution in [0.4, 0.5) is 0 Å². The Morgan fingerprint density at radius 3 is 2.50 bits per heavy atom. The fourth-order valence-corrected chi connectivity index (χ4v) is 2.06. The molecule has 0 aliphatic rings. The lowest BCUT2D eigenvalue weighted by Crippen LogP contribution is -2.10. The van der Waals surface area contributed by atoms with E-state index in [4.69, 9.17) is 0 Å². The molecule has 1 rings (SSSR count). The van der Waals surface area contributed by atoms with Gasteiger partial charge in [-0.3, -0.25) is 4.79 Å². The molecule has 6 heteroatoms. The van der Waals surface area contributed by atoms with Gasteiger partial charge in [-0.15, -0.1) is 0 Å². The highest BCUT2D eigenvalue weighted by Crippen LogP contribution is 2.04. The minimum absolute atomic E-state index is 0.0585. The molecule has 0 radical (unpaired) electrons. The van der Waals surface area contributed by atoms with Crippen molar-refractivity contribution >= 4 is 15.6 Å². The summed E-state index contributed by atoms with van der Waals surface area (Å²) in [5.74, 6) is 0.0605. The molecule has 0 saturated heterocycles. The van der Waals surface area contributed by atoms with E-state index in [1.54, 1.807) is 6.92 Å². The molecule has 0 bridgehead atoms. The maximum absolute atomic E-state index is 11.5. The van der Waals surface area contributed by atoms with E-state index >= 15 is 0 Å². The van der Waals surface area contributed by atoms with E-state index < -0.39 is 9.84 Å². The summed E-state index contributed by atoms with van der Waals surface area (Å²) in [7, 11) is -2.98. The molecule has 0 atom stereocenters. The lowest BCUT2D eigenvalue weighted by molar-refractivity contribution is 0.0981. The fraction of sp³-hybridized carbons (Fsp3) is 0.500. The molecule has 0 saturated carbocycles. The predicted octanol–water partition coefficient (Wildman–Crippen LogP) is 0.874. The normalized spacial score (nSPS) is 11.3. The Labute approximate surface area is 94.8 Å². The van der Waals surface area contributed by atoms with E-state index in [1.165, 1.54) is 18.7 Å². The van der Waals surface area contributed by atoms with Crippen LogP contribution in [0.1, 0.15) is 30.1 Å². The van der Waals surface area contributed by atoms with Crippen molar-refractivity contribution in [2.75, 3.05) is 11.5 Å². The van der Waals surface area contributed by atoms with Crippen molar-refractivity contribution in [3.05, 3.63) is 24.3 Å². The van der Waals surface area contributed by atoms with Crippen LogP contribution in [-0.2, 0) is 9.84 Å². The van der Waals surface area contributed by atoms with Crippen LogP contribution in [0, 0.1) is 0 Å². The van der Waals surface area contributed by atoms with Gasteiger partial charge < -0.3 is 0 Å². The summed E-state index contributed by atoms with van der Waals surface area (Å²) in [6, 6.07) is 0. The first-order valence-corrected chi connectivity index (χ1v) is 6.86. The second kappa shape index (κ2) is 5.69. The standard InChI is InChI=1S/C10H14N2O3S/c1-2-16(14,15)5-3-4-10(13)9-6-11-8-12-7-9/h6-8H,2-5H2,1H3. The van der Waals surface area contributed by atoms with E-state index in [0.717, 1.165) is 0 Å². The highest BCUT2D eigenvalue weighted by molar-refractivity contribution is 7.91. The van der Waals surface area contributed by atoms with Crippen LogP contribution in [0.2, 0.25) is 0 Å². The van der Waals surface area contributed by atoms with Crippen LogP contribution >= 0.6 is 0 Å². The Balaban J connectivity index is 2.43. The Morgan fingerprint density at radius 2 is 1.94 bits per heavy atom. The average molecular weight is 242 g/mol. The molecule has 1 aromatic rings. The van der Waals surface area contributed by atoms with E-state index in [2.05, 4.69) is 9.97 Å². The third-order valence-corrected chi connectivity index (χ3v) is 3.97. The molecule has 1 aromatic heterocycles. The number of nitrogens with zero attached hydrogens (tertiary/aromatic N) is 2. The molecule has 1 heterocycles. The molecule has 0 fully saturated rings. The zero-order valence-corrected chi connectivity index (χ0v) is 9.90. The van der Waals surface area contributed by atoms with Gasteiger partial charge in [0.15, 0.2) is 5.78 Å². The minimum atomic E-state index is -2.98. The van der Waals surface area contributed by atoms with Crippen molar-refractivity contribution in [1.29, 1.82) is 0 Å². The number of hydrogen-bond donors (Lipinski definition) is 0. The van der Waals surface area contributed by atoms with Gasteiger partial charge in [0.25, 0.3) is 0 Å². The number of aromatic nitrogens is 2. The summed E-state index contributed by atoms with van der Waals surface area (Å²) in [4.78, 5) is 19.0. The summed E-state index contributed by atoms with van der Waals surface area (Å²) < 4.78 is 22.4. The van der Waals surface area contributed by atoms with Gasteiger partial charge in [-0.1, -0.05) is 6.92 Å². The van der Waals surface area contributed by atoms with Gasteiger partial charge in [0.2, 0.25) is 0 Å². The first-order valence-electron chi connectivity index (χ1n) is 5.04. The van der Waals surface area contributed by atoms with Gasteiger partial charge in [-0.05, 0) is 6.42 Å². The number of carbonyl (C=O) groups excluding carboxylic acids is 1. The highest BCUT2D eigenvalue weighted by atomic mass is 32.2. The SMILES string of the molecule is CCS(=O)(=O)CCCC(=O)c1cncnc1. The molecular formula is C10H14N2O3S. The van der Waals surface area contributed by atoms with Crippen molar-refractivity contribution in [2.24, 2.45) is 0 Å². The molecule has 0 aliphatic heterocycles. The van der Waals surface area contributed by atoms with E-state index in [0.29, 0.717) is 12.0 Å². The maximum Gasteiger partial charge on any atom is 0.166 e. The summed E-state index contributed by atoms with van der Waals surface area (Å²) in [5, 5.41) is 0. The molecule has 88 valence electrons. The zero-order valence-electron chi connectivity index (χ0n) is 9.09. The molecule has 16 heavy (non-hydrogen) atoms. The third kappa shape index (κ3) is 4.06. The van der Waals surface area contributed by atoms with Crippen molar-refractivity contribution in [1.82, 2.24) is 9.97 Å². The van der Waals surface area contributed by atoms with Gasteiger partial charge in [-0.25, -0.2) is 18.4 Å². The molecule has 0 aromatic carbocycles. The molecule has 5 nitrogen and oxygen atoms in total. The van der Waals surface area contributed by atoms with Crippen LogP contribution in [-0.4, -0.2) is 35.7 Å². The van der Waals surface area contributed by atoms with Crippen molar-refractivity contribution in [3.63, 3.8) is 0 Å². The largest absolute Gasteiger partial charge is 0.294 e. The third-order valence-electron chi connectivity index (χ3n) is 2.18. The monoisotopic (exact) mass is 242 g/mol. The first-order chi connectivity index (χ1) is 7.55. The molecule has 0 amide bonds. The Kier molecular flexibility index (Phi) is 4.54. The Bertz CT molecular complexity index is 442. The van der Waals surface area contributed by atoms with Crippen molar-refractivity contribution < 1.29 is 13.2 Å². The molecule has 0 spiro atoms. The number of carbonyl (C=O) groups is 1. The van der Waals surface area contributed by atoms with Crippen LogP contribution < -0.4 is 0 Å². The maximum atomic E-state index is 11.5. The topological polar surface area (TPSA) is 77.0 Å². The van der Waals surface area contributed by atoms with Gasteiger partial charge >= 0.3 is 0 Å². The number of rotatable bonds is 6. The lowest BCUT2D eigenvalue weighted by atomic mass is 10.1. The fourth-order valence-electron chi connectivity index (χ4n) is 1.18. The van der Waals surface area contributed by atoms with Crippen LogP contribution in [0.15, 0.2) is 18.7 Å². The first kappa shape index (κ1) is 12.8. The van der Waals surface area contributed by atoms with E-state index in [9.17, 15) is 13.2 Å². The molecule has 0 aliphatic carbocycles. The average Bonchev–Trinajstić information content (AvgIpc) is 2.30. The second-order valence-corrected chi connectivity index (χ2v) is 5.86. The second-order valence-electron chi connectivity index (χ2n) is 3.39. The number of Topliss-reactive ketones (excluding diaryl/α,β-unsaturated/α-hetero) is 1. The summed E-state index contributed by atoms with van der Waals surface area (Å²) >= 11 is 0. The summed E-state index contributed by atoms with van der Waals surface area (Å²) in [6.07, 6.45) is 4.78. The van der Waals surface area contributed by atoms with Gasteiger partial charge in [0.1, 0.15) is 16.2 Å². The van der Waals surface area contributed by atoms with Gasteiger partial charge in [0.05, 0.1) is 11.3 Å².